The molecule has 0 saturated heterocycles. The van der Waals surface area contributed by atoms with Crippen LogP contribution in [0.25, 0.3) is 6.08 Å². The van der Waals surface area contributed by atoms with Gasteiger partial charge < -0.3 is 0 Å². The van der Waals surface area contributed by atoms with E-state index in [9.17, 15) is 4.79 Å². The van der Waals surface area contributed by atoms with Crippen LogP contribution in [-0.2, 0) is 4.79 Å². The van der Waals surface area contributed by atoms with Gasteiger partial charge in [0.15, 0.2) is 0 Å². The second kappa shape index (κ2) is 6.07. The number of anilines is 1. The highest BCUT2D eigenvalue weighted by molar-refractivity contribution is 9.10. The normalized spacial score (nSPS) is 10.5. The molecule has 0 fully saturated rings. The minimum absolute atomic E-state index is 0.263. The Kier molecular flexibility index (Phi) is 4.20. The van der Waals surface area contributed by atoms with E-state index in [-0.39, 0.29) is 11.9 Å². The molecule has 0 aliphatic rings. The van der Waals surface area contributed by atoms with E-state index in [1.807, 2.05) is 30.3 Å². The summed E-state index contributed by atoms with van der Waals surface area (Å²) in [6.45, 7) is 0. The minimum Gasteiger partial charge on any atom is -0.291 e. The van der Waals surface area contributed by atoms with Crippen LogP contribution in [0.15, 0.2) is 53.3 Å². The molecule has 0 saturated carbocycles. The van der Waals surface area contributed by atoms with Gasteiger partial charge in [0, 0.05) is 18.5 Å². The van der Waals surface area contributed by atoms with Gasteiger partial charge in [-0.05, 0) is 27.6 Å². The first-order valence-corrected chi connectivity index (χ1v) is 6.05. The number of benzene rings is 1. The molecule has 1 N–H and O–H groups in total. The van der Waals surface area contributed by atoms with Crippen LogP contribution in [0.3, 0.4) is 0 Å². The third kappa shape index (κ3) is 3.78. The number of carbonyl (C=O) groups is 1. The molecule has 4 nitrogen and oxygen atoms in total. The first kappa shape index (κ1) is 12.4. The number of hydrogen-bond acceptors (Lipinski definition) is 3. The smallest absolute Gasteiger partial charge is 0.250 e. The number of nitrogens with one attached hydrogen (secondary N) is 1. The summed E-state index contributed by atoms with van der Waals surface area (Å²) in [6, 6.07) is 9.58. The largest absolute Gasteiger partial charge is 0.291 e. The van der Waals surface area contributed by atoms with Crippen LogP contribution in [0.5, 0.6) is 0 Å². The molecule has 1 aromatic heterocycles. The van der Waals surface area contributed by atoms with Gasteiger partial charge in [0.2, 0.25) is 5.95 Å². The van der Waals surface area contributed by atoms with Crippen LogP contribution in [0.2, 0.25) is 0 Å². The fraction of sp³-hybridized carbons (Fsp3) is 0. The summed E-state index contributed by atoms with van der Waals surface area (Å²) in [7, 11) is 0. The number of nitrogens with zero attached hydrogens (tertiary/aromatic N) is 2. The molecule has 0 atom stereocenters. The highest BCUT2D eigenvalue weighted by Gasteiger charge is 1.99. The van der Waals surface area contributed by atoms with Gasteiger partial charge in [0.1, 0.15) is 0 Å². The zero-order valence-corrected chi connectivity index (χ0v) is 11.0. The molecule has 0 bridgehead atoms. The third-order valence-corrected chi connectivity index (χ3v) is 2.49. The van der Waals surface area contributed by atoms with Crippen molar-refractivity contribution in [1.82, 2.24) is 9.97 Å². The van der Waals surface area contributed by atoms with Gasteiger partial charge in [-0.3, -0.25) is 10.1 Å². The maximum absolute atomic E-state index is 11.6. The van der Waals surface area contributed by atoms with E-state index in [2.05, 4.69) is 31.2 Å². The van der Waals surface area contributed by atoms with Gasteiger partial charge in [0.05, 0.1) is 4.47 Å². The summed E-state index contributed by atoms with van der Waals surface area (Å²) in [6.07, 6.45) is 6.32. The fourth-order valence-corrected chi connectivity index (χ4v) is 1.47. The Bertz CT molecular complexity index is 552. The van der Waals surface area contributed by atoms with E-state index >= 15 is 0 Å². The van der Waals surface area contributed by atoms with Crippen LogP contribution in [-0.4, -0.2) is 15.9 Å². The molecule has 1 aromatic carbocycles. The molecule has 2 aromatic rings. The van der Waals surface area contributed by atoms with Crippen LogP contribution < -0.4 is 5.32 Å². The van der Waals surface area contributed by atoms with E-state index < -0.39 is 0 Å². The first-order chi connectivity index (χ1) is 8.74. The SMILES string of the molecule is O=C(/C=C/c1ccccc1)Nc1ncc(Br)cn1. The van der Waals surface area contributed by atoms with Gasteiger partial charge in [-0.15, -0.1) is 0 Å². The van der Waals surface area contributed by atoms with Crippen molar-refractivity contribution in [1.29, 1.82) is 0 Å². The highest BCUT2D eigenvalue weighted by Crippen LogP contribution is 2.07. The van der Waals surface area contributed by atoms with E-state index in [1.54, 1.807) is 18.5 Å². The topological polar surface area (TPSA) is 54.9 Å². The van der Waals surface area contributed by atoms with Crippen LogP contribution in [0, 0.1) is 0 Å². The minimum atomic E-state index is -0.263. The zero-order valence-electron chi connectivity index (χ0n) is 9.38. The van der Waals surface area contributed by atoms with Crippen molar-refractivity contribution in [3.8, 4) is 0 Å². The molecule has 0 unspecified atom stereocenters. The van der Waals surface area contributed by atoms with Crippen molar-refractivity contribution < 1.29 is 4.79 Å². The Labute approximate surface area is 113 Å². The van der Waals surface area contributed by atoms with E-state index in [1.165, 1.54) is 6.08 Å². The van der Waals surface area contributed by atoms with E-state index in [4.69, 9.17) is 0 Å². The summed E-state index contributed by atoms with van der Waals surface area (Å²) in [4.78, 5) is 19.5. The molecule has 0 aliphatic carbocycles. The van der Waals surface area contributed by atoms with Crippen molar-refractivity contribution in [2.24, 2.45) is 0 Å². The lowest BCUT2D eigenvalue weighted by Gasteiger charge is -1.99. The maximum atomic E-state index is 11.6. The predicted octanol–water partition coefficient (Wildman–Crippen LogP) is 2.89. The zero-order chi connectivity index (χ0) is 12.8. The van der Waals surface area contributed by atoms with Gasteiger partial charge in [0.25, 0.3) is 5.91 Å². The maximum Gasteiger partial charge on any atom is 0.250 e. The van der Waals surface area contributed by atoms with Gasteiger partial charge in [-0.1, -0.05) is 30.3 Å². The van der Waals surface area contributed by atoms with Crippen molar-refractivity contribution in [2.45, 2.75) is 0 Å². The molecular formula is C13H10BrN3O. The van der Waals surface area contributed by atoms with E-state index in [0.717, 1.165) is 10.0 Å². The number of hydrogen-bond donors (Lipinski definition) is 1. The van der Waals surface area contributed by atoms with Gasteiger partial charge in [-0.25, -0.2) is 9.97 Å². The Morgan fingerprint density at radius 1 is 1.17 bits per heavy atom. The second-order valence-electron chi connectivity index (χ2n) is 3.46. The van der Waals surface area contributed by atoms with Crippen molar-refractivity contribution in [3.63, 3.8) is 0 Å². The quantitative estimate of drug-likeness (QED) is 0.887. The number of rotatable bonds is 3. The monoisotopic (exact) mass is 303 g/mol. The summed E-state index contributed by atoms with van der Waals surface area (Å²) in [5.41, 5.74) is 0.962. The predicted molar refractivity (Wildman–Crippen MR) is 73.8 cm³/mol. The molecule has 18 heavy (non-hydrogen) atoms. The van der Waals surface area contributed by atoms with Crippen molar-refractivity contribution in [3.05, 3.63) is 58.8 Å². The Morgan fingerprint density at radius 2 is 1.83 bits per heavy atom. The average Bonchev–Trinajstić information content (AvgIpc) is 2.40. The van der Waals surface area contributed by atoms with E-state index in [0.29, 0.717) is 0 Å². The van der Waals surface area contributed by atoms with Crippen LogP contribution in [0.4, 0.5) is 5.95 Å². The molecule has 1 heterocycles. The van der Waals surface area contributed by atoms with Crippen LogP contribution >= 0.6 is 15.9 Å². The molecule has 90 valence electrons. The number of carbonyl (C=O) groups excluding carboxylic acids is 1. The second-order valence-corrected chi connectivity index (χ2v) is 4.37. The third-order valence-electron chi connectivity index (χ3n) is 2.08. The van der Waals surface area contributed by atoms with Crippen molar-refractivity contribution >= 4 is 33.9 Å². The highest BCUT2D eigenvalue weighted by atomic mass is 79.9. The summed E-state index contributed by atoms with van der Waals surface area (Å²) in [5.74, 6) is 0.0158. The Balaban J connectivity index is 1.97. The number of amides is 1. The fourth-order valence-electron chi connectivity index (χ4n) is 1.26. The Hall–Kier alpha value is -2.01. The summed E-state index contributed by atoms with van der Waals surface area (Å²) in [5, 5.41) is 2.57. The molecular weight excluding hydrogens is 294 g/mol. The summed E-state index contributed by atoms with van der Waals surface area (Å²) >= 11 is 3.22. The summed E-state index contributed by atoms with van der Waals surface area (Å²) < 4.78 is 0.764. The molecule has 0 aliphatic heterocycles. The standard InChI is InChI=1S/C13H10BrN3O/c14-11-8-15-13(16-9-11)17-12(18)7-6-10-4-2-1-3-5-10/h1-9H,(H,15,16,17,18)/b7-6+. The van der Waals surface area contributed by atoms with Crippen LogP contribution in [0.1, 0.15) is 5.56 Å². The molecule has 5 heteroatoms. The Morgan fingerprint density at radius 3 is 2.50 bits per heavy atom. The molecule has 0 radical (unpaired) electrons. The molecule has 0 spiro atoms. The lowest BCUT2D eigenvalue weighted by atomic mass is 10.2. The van der Waals surface area contributed by atoms with Crippen molar-refractivity contribution in [2.75, 3.05) is 5.32 Å². The lowest BCUT2D eigenvalue weighted by molar-refractivity contribution is -0.111. The molecule has 1 amide bonds. The van der Waals surface area contributed by atoms with Gasteiger partial charge >= 0.3 is 0 Å². The lowest BCUT2D eigenvalue weighted by Crippen LogP contribution is -2.10. The van der Waals surface area contributed by atoms with Gasteiger partial charge in [-0.2, -0.15) is 0 Å². The number of halogens is 1. The average molecular weight is 304 g/mol. The molecule has 2 rings (SSSR count). The first-order valence-electron chi connectivity index (χ1n) is 5.26. The number of aromatic nitrogens is 2.